The number of benzene rings is 3. The Labute approximate surface area is 231 Å². The molecular weight excluding hydrogens is 486 g/mol. The van der Waals surface area contributed by atoms with E-state index < -0.39 is 11.1 Å². The number of nitrogens with one attached hydrogen (secondary N) is 1. The number of hydrogen-bond donors (Lipinski definition) is 1. The molecule has 0 spiro atoms. The molecule has 0 aliphatic carbocycles. The van der Waals surface area contributed by atoms with Crippen LogP contribution in [0.25, 0.3) is 22.5 Å². The van der Waals surface area contributed by atoms with Crippen LogP contribution in [0.3, 0.4) is 0 Å². The van der Waals surface area contributed by atoms with E-state index in [1.165, 1.54) is 0 Å². The second-order valence-electron chi connectivity index (χ2n) is 11.7. The lowest BCUT2D eigenvalue weighted by Gasteiger charge is -2.26. The first kappa shape index (κ1) is 28.2. The molecule has 0 amide bonds. The molecule has 1 aromatic heterocycles. The van der Waals surface area contributed by atoms with E-state index in [2.05, 4.69) is 71.9 Å². The molecule has 0 fully saturated rings. The van der Waals surface area contributed by atoms with Gasteiger partial charge in [0, 0.05) is 12.1 Å². The van der Waals surface area contributed by atoms with Gasteiger partial charge in [-0.2, -0.15) is 4.80 Å². The van der Waals surface area contributed by atoms with Gasteiger partial charge in [0.25, 0.3) is 0 Å². The van der Waals surface area contributed by atoms with E-state index in [0.29, 0.717) is 12.4 Å². The number of ether oxygens (including phenoxy) is 1. The molecule has 204 valence electrons. The fourth-order valence-corrected chi connectivity index (χ4v) is 4.44. The molecular formula is C32H39N5O2. The zero-order valence-electron chi connectivity index (χ0n) is 24.0. The maximum atomic E-state index is 12.7. The number of carbonyl (C=O) groups excluding carboxylic acids is 1. The lowest BCUT2D eigenvalue weighted by molar-refractivity contribution is -0.158. The largest absolute Gasteiger partial charge is 0.459 e. The van der Waals surface area contributed by atoms with Gasteiger partial charge in [0.15, 0.2) is 0 Å². The Balaban J connectivity index is 1.52. The van der Waals surface area contributed by atoms with Gasteiger partial charge in [-0.05, 0) is 68.0 Å². The first-order valence-electron chi connectivity index (χ1n) is 13.5. The summed E-state index contributed by atoms with van der Waals surface area (Å²) in [4.78, 5) is 14.4. The maximum absolute atomic E-state index is 12.7. The van der Waals surface area contributed by atoms with Crippen LogP contribution in [0.1, 0.15) is 59.6 Å². The molecule has 39 heavy (non-hydrogen) atoms. The Morgan fingerprint density at radius 1 is 0.872 bits per heavy atom. The van der Waals surface area contributed by atoms with E-state index in [9.17, 15) is 4.79 Å². The molecule has 4 rings (SSSR count). The van der Waals surface area contributed by atoms with Gasteiger partial charge < -0.3 is 10.1 Å². The molecule has 0 saturated heterocycles. The minimum absolute atomic E-state index is 0.110. The topological polar surface area (TPSA) is 81.9 Å². The number of tetrazole rings is 1. The van der Waals surface area contributed by atoms with E-state index >= 15 is 0 Å². The molecule has 0 aliphatic rings. The Hall–Kier alpha value is -3.84. The van der Waals surface area contributed by atoms with E-state index in [1.54, 1.807) is 4.80 Å². The molecule has 4 aromatic rings. The summed E-state index contributed by atoms with van der Waals surface area (Å²) in [7, 11) is 0. The first-order chi connectivity index (χ1) is 18.5. The van der Waals surface area contributed by atoms with Crippen molar-refractivity contribution >= 4 is 5.97 Å². The van der Waals surface area contributed by atoms with Crippen LogP contribution in [0.15, 0.2) is 78.9 Å². The van der Waals surface area contributed by atoms with Gasteiger partial charge in [0.1, 0.15) is 17.2 Å². The summed E-state index contributed by atoms with van der Waals surface area (Å²) < 4.78 is 5.61. The normalized spacial score (nSPS) is 12.9. The van der Waals surface area contributed by atoms with Crippen molar-refractivity contribution in [3.8, 4) is 22.5 Å². The summed E-state index contributed by atoms with van der Waals surface area (Å²) in [5.41, 5.74) is 4.24. The minimum atomic E-state index is -0.515. The zero-order chi connectivity index (χ0) is 28.2. The van der Waals surface area contributed by atoms with Crippen LogP contribution in [0.4, 0.5) is 0 Å². The van der Waals surface area contributed by atoms with Crippen LogP contribution in [-0.4, -0.2) is 37.8 Å². The SMILES string of the molecule is CC(C)[C@H](NCc1ccc(-c2ccccc2-c2nnn(C(C)(C)c3ccccc3)n2)cc1)C(=O)OC(C)(C)C. The molecule has 7 heteroatoms. The zero-order valence-corrected chi connectivity index (χ0v) is 24.0. The van der Waals surface area contributed by atoms with Crippen molar-refractivity contribution in [2.45, 2.75) is 72.2 Å². The fraction of sp³-hybridized carbons (Fsp3) is 0.375. The fourth-order valence-electron chi connectivity index (χ4n) is 4.44. The van der Waals surface area contributed by atoms with Crippen molar-refractivity contribution < 1.29 is 9.53 Å². The summed E-state index contributed by atoms with van der Waals surface area (Å²) in [6.45, 7) is 14.4. The second-order valence-corrected chi connectivity index (χ2v) is 11.7. The number of esters is 1. The summed E-state index contributed by atoms with van der Waals surface area (Å²) in [5.74, 6) is 0.468. The third-order valence-electron chi connectivity index (χ3n) is 6.68. The lowest BCUT2D eigenvalue weighted by Crippen LogP contribution is -2.44. The lowest BCUT2D eigenvalue weighted by atomic mass is 9.95. The average molecular weight is 526 g/mol. The highest BCUT2D eigenvalue weighted by atomic mass is 16.6. The number of hydrogen-bond acceptors (Lipinski definition) is 6. The molecule has 0 saturated carbocycles. The van der Waals surface area contributed by atoms with Gasteiger partial charge in [-0.15, -0.1) is 10.2 Å². The molecule has 0 radical (unpaired) electrons. The van der Waals surface area contributed by atoms with Gasteiger partial charge in [-0.25, -0.2) is 0 Å². The van der Waals surface area contributed by atoms with Gasteiger partial charge in [0.2, 0.25) is 5.82 Å². The monoisotopic (exact) mass is 525 g/mol. The first-order valence-corrected chi connectivity index (χ1v) is 13.5. The van der Waals surface area contributed by atoms with Crippen molar-refractivity contribution in [2.24, 2.45) is 5.92 Å². The number of carbonyl (C=O) groups is 1. The predicted molar refractivity (Wildman–Crippen MR) is 155 cm³/mol. The van der Waals surface area contributed by atoms with E-state index in [-0.39, 0.29) is 17.9 Å². The molecule has 7 nitrogen and oxygen atoms in total. The molecule has 1 heterocycles. The van der Waals surface area contributed by atoms with E-state index in [1.807, 2.05) is 71.0 Å². The summed E-state index contributed by atoms with van der Waals surface area (Å²) in [6.07, 6.45) is 0. The van der Waals surface area contributed by atoms with Gasteiger partial charge in [-0.1, -0.05) is 92.7 Å². The third kappa shape index (κ3) is 6.79. The smallest absolute Gasteiger partial charge is 0.323 e. The number of nitrogens with zero attached hydrogens (tertiary/aromatic N) is 4. The highest BCUT2D eigenvalue weighted by Gasteiger charge is 2.28. The van der Waals surface area contributed by atoms with E-state index in [4.69, 9.17) is 9.84 Å². The molecule has 1 atom stereocenters. The van der Waals surface area contributed by atoms with Crippen LogP contribution >= 0.6 is 0 Å². The second kappa shape index (κ2) is 11.5. The van der Waals surface area contributed by atoms with Gasteiger partial charge >= 0.3 is 5.97 Å². The summed E-state index contributed by atoms with van der Waals surface area (Å²) >= 11 is 0. The Kier molecular flexibility index (Phi) is 8.31. The van der Waals surface area contributed by atoms with Gasteiger partial charge in [-0.3, -0.25) is 4.79 Å². The van der Waals surface area contributed by atoms with Crippen LogP contribution in [0, 0.1) is 5.92 Å². The van der Waals surface area contributed by atoms with E-state index in [0.717, 1.165) is 27.8 Å². The minimum Gasteiger partial charge on any atom is -0.459 e. The van der Waals surface area contributed by atoms with Crippen LogP contribution < -0.4 is 5.32 Å². The highest BCUT2D eigenvalue weighted by molar-refractivity contribution is 5.80. The maximum Gasteiger partial charge on any atom is 0.323 e. The standard InChI is InChI=1S/C32H39N5O2/c1-22(2)28(30(38)39-31(3,4)5)33-21-23-17-19-24(20-18-23)26-15-11-12-16-27(26)29-34-36-37(35-29)32(6,7)25-13-9-8-10-14-25/h8-20,22,28,33H,21H2,1-7H3/t28-/m0/s1. The van der Waals surface area contributed by atoms with Crippen molar-refractivity contribution in [3.63, 3.8) is 0 Å². The van der Waals surface area contributed by atoms with Crippen molar-refractivity contribution in [3.05, 3.63) is 90.0 Å². The Morgan fingerprint density at radius 2 is 1.49 bits per heavy atom. The van der Waals surface area contributed by atoms with Gasteiger partial charge in [0.05, 0.1) is 0 Å². The van der Waals surface area contributed by atoms with Crippen LogP contribution in [0.5, 0.6) is 0 Å². The molecule has 3 aromatic carbocycles. The van der Waals surface area contributed by atoms with Crippen LogP contribution in [-0.2, 0) is 21.6 Å². The molecule has 0 unspecified atom stereocenters. The molecule has 0 aliphatic heterocycles. The quantitative estimate of drug-likeness (QED) is 0.260. The third-order valence-corrected chi connectivity index (χ3v) is 6.68. The summed E-state index contributed by atoms with van der Waals surface area (Å²) in [5, 5.41) is 17.0. The average Bonchev–Trinajstić information content (AvgIpc) is 3.40. The number of aromatic nitrogens is 4. The van der Waals surface area contributed by atoms with Crippen molar-refractivity contribution in [2.75, 3.05) is 0 Å². The molecule has 1 N–H and O–H groups in total. The molecule has 0 bridgehead atoms. The Bertz CT molecular complexity index is 1390. The van der Waals surface area contributed by atoms with Crippen molar-refractivity contribution in [1.82, 2.24) is 25.5 Å². The summed E-state index contributed by atoms with van der Waals surface area (Å²) in [6, 6.07) is 26.2. The van der Waals surface area contributed by atoms with Crippen molar-refractivity contribution in [1.29, 1.82) is 0 Å². The van der Waals surface area contributed by atoms with Crippen LogP contribution in [0.2, 0.25) is 0 Å². The predicted octanol–water partition coefficient (Wildman–Crippen LogP) is 6.25. The Morgan fingerprint density at radius 3 is 2.10 bits per heavy atom. The number of rotatable bonds is 9. The highest BCUT2D eigenvalue weighted by Crippen LogP contribution is 2.31.